The van der Waals surface area contributed by atoms with Crippen LogP contribution in [0.25, 0.3) is 0 Å². The van der Waals surface area contributed by atoms with Gasteiger partial charge in [0, 0.05) is 26.2 Å². The smallest absolute Gasteiger partial charge is 0.323 e. The van der Waals surface area contributed by atoms with Crippen molar-refractivity contribution in [1.82, 2.24) is 9.80 Å². The number of ether oxygens (including phenoxy) is 1. The molecule has 1 N–H and O–H groups in total. The molecule has 114 valence electrons. The second-order valence-corrected chi connectivity index (χ2v) is 5.64. The van der Waals surface area contributed by atoms with E-state index in [-0.39, 0.29) is 18.7 Å². The number of aliphatic carboxylic acids is 1. The second kappa shape index (κ2) is 6.92. The lowest BCUT2D eigenvalue weighted by atomic mass is 10.1. The molecule has 20 heavy (non-hydrogen) atoms. The Hall–Kier alpha value is -1.30. The van der Waals surface area contributed by atoms with Gasteiger partial charge in [0.1, 0.15) is 6.54 Å². The van der Waals surface area contributed by atoms with E-state index in [0.717, 1.165) is 25.7 Å². The number of piperidine rings is 1. The van der Waals surface area contributed by atoms with Crippen molar-refractivity contribution in [3.63, 3.8) is 0 Å². The topological polar surface area (TPSA) is 70.1 Å². The third-order valence-corrected chi connectivity index (χ3v) is 3.89. The van der Waals surface area contributed by atoms with Crippen LogP contribution in [0, 0.1) is 5.92 Å². The summed E-state index contributed by atoms with van der Waals surface area (Å²) in [6, 6.07) is -0.130. The number of likely N-dealkylation sites (tertiary alicyclic amines) is 1. The van der Waals surface area contributed by atoms with Crippen molar-refractivity contribution in [2.24, 2.45) is 5.92 Å². The number of amides is 2. The molecule has 2 amide bonds. The first-order valence-corrected chi connectivity index (χ1v) is 7.47. The lowest BCUT2D eigenvalue weighted by Crippen LogP contribution is -2.49. The van der Waals surface area contributed by atoms with E-state index in [1.165, 1.54) is 4.90 Å². The highest BCUT2D eigenvalue weighted by Gasteiger charge is 2.31. The Balaban J connectivity index is 1.85. The fraction of sp³-hybridized carbons (Fsp3) is 0.857. The molecule has 6 nitrogen and oxygen atoms in total. The van der Waals surface area contributed by atoms with Crippen LogP contribution in [0.5, 0.6) is 0 Å². The number of rotatable bonds is 6. The summed E-state index contributed by atoms with van der Waals surface area (Å²) in [4.78, 5) is 26.6. The van der Waals surface area contributed by atoms with Crippen LogP contribution in [0.1, 0.15) is 32.6 Å². The first-order valence-electron chi connectivity index (χ1n) is 7.47. The molecular weight excluding hydrogens is 260 g/mol. The number of carboxylic acids is 1. The van der Waals surface area contributed by atoms with Gasteiger partial charge in [-0.05, 0) is 38.5 Å². The largest absolute Gasteiger partial charge is 0.480 e. The molecule has 0 radical (unpaired) electrons. The zero-order chi connectivity index (χ0) is 14.5. The van der Waals surface area contributed by atoms with Gasteiger partial charge in [0.05, 0.1) is 6.10 Å². The van der Waals surface area contributed by atoms with Gasteiger partial charge in [-0.15, -0.1) is 0 Å². The average Bonchev–Trinajstić information content (AvgIpc) is 3.22. The zero-order valence-corrected chi connectivity index (χ0v) is 12.1. The summed E-state index contributed by atoms with van der Waals surface area (Å²) >= 11 is 0. The lowest BCUT2D eigenvalue weighted by Gasteiger charge is -2.35. The molecule has 1 saturated carbocycles. The molecule has 0 bridgehead atoms. The average molecular weight is 284 g/mol. The highest BCUT2D eigenvalue weighted by Crippen LogP contribution is 2.30. The molecule has 0 spiro atoms. The van der Waals surface area contributed by atoms with Gasteiger partial charge in [0.15, 0.2) is 0 Å². The van der Waals surface area contributed by atoms with Gasteiger partial charge in [-0.1, -0.05) is 0 Å². The molecule has 1 heterocycles. The van der Waals surface area contributed by atoms with E-state index in [2.05, 4.69) is 0 Å². The number of nitrogens with zero attached hydrogens (tertiary/aromatic N) is 2. The van der Waals surface area contributed by atoms with Crippen molar-refractivity contribution in [2.75, 3.05) is 32.8 Å². The molecule has 2 fully saturated rings. The fourth-order valence-corrected chi connectivity index (χ4v) is 2.64. The molecule has 2 aliphatic rings. The van der Waals surface area contributed by atoms with Crippen LogP contribution >= 0.6 is 0 Å². The van der Waals surface area contributed by atoms with Gasteiger partial charge in [-0.25, -0.2) is 4.79 Å². The quantitative estimate of drug-likeness (QED) is 0.800. The molecule has 6 heteroatoms. The molecule has 0 aromatic heterocycles. The van der Waals surface area contributed by atoms with Crippen LogP contribution in [0.3, 0.4) is 0 Å². The van der Waals surface area contributed by atoms with Gasteiger partial charge in [0.25, 0.3) is 0 Å². The second-order valence-electron chi connectivity index (χ2n) is 5.64. The Morgan fingerprint density at radius 2 is 1.90 bits per heavy atom. The summed E-state index contributed by atoms with van der Waals surface area (Å²) in [6.07, 6.45) is 4.12. The third kappa shape index (κ3) is 4.37. The molecule has 1 saturated heterocycles. The number of hydrogen-bond acceptors (Lipinski definition) is 3. The Labute approximate surface area is 119 Å². The Morgan fingerprint density at radius 3 is 2.40 bits per heavy atom. The van der Waals surface area contributed by atoms with Crippen LogP contribution in [-0.2, 0) is 9.53 Å². The SMILES string of the molecule is CCOC1CCN(C(=O)N(CC(=O)O)CC2CC2)CC1. The maximum Gasteiger partial charge on any atom is 0.323 e. The van der Waals surface area contributed by atoms with Crippen LogP contribution in [0.15, 0.2) is 0 Å². The van der Waals surface area contributed by atoms with Crippen molar-refractivity contribution in [3.8, 4) is 0 Å². The first-order chi connectivity index (χ1) is 9.60. The highest BCUT2D eigenvalue weighted by atomic mass is 16.5. The molecule has 0 atom stereocenters. The molecule has 0 aromatic rings. The monoisotopic (exact) mass is 284 g/mol. The number of carbonyl (C=O) groups is 2. The van der Waals surface area contributed by atoms with Crippen molar-refractivity contribution in [2.45, 2.75) is 38.7 Å². The molecule has 1 aliphatic heterocycles. The predicted octanol–water partition coefficient (Wildman–Crippen LogP) is 1.40. The van der Waals surface area contributed by atoms with Gasteiger partial charge in [-0.2, -0.15) is 0 Å². The minimum atomic E-state index is -0.941. The van der Waals surface area contributed by atoms with Crippen molar-refractivity contribution in [3.05, 3.63) is 0 Å². The van der Waals surface area contributed by atoms with Crippen LogP contribution in [0.4, 0.5) is 4.79 Å². The number of carboxylic acid groups (broad SMARTS) is 1. The van der Waals surface area contributed by atoms with Gasteiger partial charge in [-0.3, -0.25) is 4.79 Å². The Kier molecular flexibility index (Phi) is 5.23. The third-order valence-electron chi connectivity index (χ3n) is 3.89. The summed E-state index contributed by atoms with van der Waals surface area (Å²) in [6.45, 7) is 4.37. The van der Waals surface area contributed by atoms with E-state index in [4.69, 9.17) is 9.84 Å². The van der Waals surface area contributed by atoms with Crippen molar-refractivity contribution < 1.29 is 19.4 Å². The molecular formula is C14H24N2O4. The van der Waals surface area contributed by atoms with Crippen LogP contribution in [0.2, 0.25) is 0 Å². The van der Waals surface area contributed by atoms with Crippen molar-refractivity contribution >= 4 is 12.0 Å². The Bertz CT molecular complexity index is 349. The zero-order valence-electron chi connectivity index (χ0n) is 12.1. The standard InChI is InChI=1S/C14H24N2O4/c1-2-20-12-5-7-15(8-6-12)14(19)16(10-13(17)18)9-11-3-4-11/h11-12H,2-10H2,1H3,(H,17,18). The van der Waals surface area contributed by atoms with Crippen LogP contribution in [-0.4, -0.2) is 65.8 Å². The summed E-state index contributed by atoms with van der Waals surface area (Å²) < 4.78 is 5.56. The van der Waals surface area contributed by atoms with E-state index in [1.54, 1.807) is 4.90 Å². The highest BCUT2D eigenvalue weighted by molar-refractivity contribution is 5.80. The molecule has 0 unspecified atom stereocenters. The predicted molar refractivity (Wildman–Crippen MR) is 73.5 cm³/mol. The van der Waals surface area contributed by atoms with E-state index in [0.29, 0.717) is 32.2 Å². The van der Waals surface area contributed by atoms with E-state index < -0.39 is 5.97 Å². The molecule has 0 aromatic carbocycles. The molecule has 2 rings (SSSR count). The van der Waals surface area contributed by atoms with E-state index in [9.17, 15) is 9.59 Å². The number of carbonyl (C=O) groups excluding carboxylic acids is 1. The lowest BCUT2D eigenvalue weighted by molar-refractivity contribution is -0.137. The first kappa shape index (κ1) is 15.1. The van der Waals surface area contributed by atoms with E-state index in [1.807, 2.05) is 6.92 Å². The Morgan fingerprint density at radius 1 is 1.25 bits per heavy atom. The minimum absolute atomic E-state index is 0.130. The fourth-order valence-electron chi connectivity index (χ4n) is 2.64. The number of urea groups is 1. The van der Waals surface area contributed by atoms with Gasteiger partial charge >= 0.3 is 12.0 Å². The summed E-state index contributed by atoms with van der Waals surface area (Å²) in [5, 5.41) is 8.94. The maximum absolute atomic E-state index is 12.4. The summed E-state index contributed by atoms with van der Waals surface area (Å²) in [7, 11) is 0. The normalized spacial score (nSPS) is 19.9. The summed E-state index contributed by atoms with van der Waals surface area (Å²) in [5.74, 6) is -0.442. The van der Waals surface area contributed by atoms with Gasteiger partial charge in [0.2, 0.25) is 0 Å². The van der Waals surface area contributed by atoms with Crippen molar-refractivity contribution in [1.29, 1.82) is 0 Å². The van der Waals surface area contributed by atoms with Crippen LogP contribution < -0.4 is 0 Å². The number of hydrogen-bond donors (Lipinski definition) is 1. The minimum Gasteiger partial charge on any atom is -0.480 e. The van der Waals surface area contributed by atoms with E-state index >= 15 is 0 Å². The maximum atomic E-state index is 12.4. The molecule has 1 aliphatic carbocycles. The summed E-state index contributed by atoms with van der Waals surface area (Å²) in [5.41, 5.74) is 0. The van der Waals surface area contributed by atoms with Gasteiger partial charge < -0.3 is 19.6 Å².